The average Bonchev–Trinajstić information content (AvgIpc) is 2.60. The van der Waals surface area contributed by atoms with Crippen LogP contribution in [0.1, 0.15) is 103 Å². The van der Waals surface area contributed by atoms with E-state index in [1.54, 1.807) is 0 Å². The summed E-state index contributed by atoms with van der Waals surface area (Å²) in [4.78, 5) is 20.1. The fourth-order valence-corrected chi connectivity index (χ4v) is 2.53. The van der Waals surface area contributed by atoms with Crippen LogP contribution in [0.15, 0.2) is 25.3 Å². The van der Waals surface area contributed by atoms with E-state index in [0.717, 1.165) is 51.4 Å². The number of carboxylic acid groups (broad SMARTS) is 2. The van der Waals surface area contributed by atoms with Gasteiger partial charge in [-0.25, -0.2) is 0 Å². The third-order valence-corrected chi connectivity index (χ3v) is 4.08. The van der Waals surface area contributed by atoms with Crippen molar-refractivity contribution in [2.75, 3.05) is 0 Å². The molecule has 0 rings (SSSR count). The second-order valence-corrected chi connectivity index (χ2v) is 6.64. The molecule has 0 saturated carbocycles. The fraction of sp³-hybridized carbons (Fsp3) is 0.727. The summed E-state index contributed by atoms with van der Waals surface area (Å²) in [5, 5.41) is 20.1. The summed E-state index contributed by atoms with van der Waals surface area (Å²) in [6.07, 6.45) is 19.7. The van der Waals surface area contributed by atoms with E-state index in [1.807, 2.05) is 12.2 Å². The van der Waals surface area contributed by atoms with Crippen LogP contribution in [-0.4, -0.2) is 11.9 Å². The van der Waals surface area contributed by atoms with Crippen molar-refractivity contribution < 1.29 is 39.3 Å². The van der Waals surface area contributed by atoms with E-state index in [9.17, 15) is 19.8 Å². The molecule has 0 N–H and O–H groups in total. The minimum atomic E-state index is -0.924. The minimum Gasteiger partial charge on any atom is -0.550 e. The molecule has 0 aliphatic heterocycles. The van der Waals surface area contributed by atoms with Crippen molar-refractivity contribution in [3.63, 3.8) is 0 Å². The van der Waals surface area contributed by atoms with Gasteiger partial charge in [0, 0.05) is 11.9 Å². The standard InChI is InChI=1S/2C11H20O2.Zn/c2*1-2-3-4-5-6-7-8-9-10-11(12)13;/h2*2H,1,3-10H2,(H,12,13);/q;;+2/p-2. The van der Waals surface area contributed by atoms with Crippen LogP contribution in [0.2, 0.25) is 0 Å². The van der Waals surface area contributed by atoms with Crippen molar-refractivity contribution in [1.29, 1.82) is 0 Å². The van der Waals surface area contributed by atoms with Crippen LogP contribution >= 0.6 is 0 Å². The van der Waals surface area contributed by atoms with E-state index in [1.165, 1.54) is 38.5 Å². The first-order chi connectivity index (χ1) is 12.5. The van der Waals surface area contributed by atoms with Crippen molar-refractivity contribution in [1.82, 2.24) is 0 Å². The Labute approximate surface area is 179 Å². The van der Waals surface area contributed by atoms with Gasteiger partial charge in [-0.3, -0.25) is 0 Å². The second kappa shape index (κ2) is 27.3. The van der Waals surface area contributed by atoms with Gasteiger partial charge in [0.2, 0.25) is 0 Å². The van der Waals surface area contributed by atoms with Crippen LogP contribution in [0.3, 0.4) is 0 Å². The van der Waals surface area contributed by atoms with Crippen molar-refractivity contribution in [3.8, 4) is 0 Å². The summed E-state index contributed by atoms with van der Waals surface area (Å²) in [6.45, 7) is 7.31. The van der Waals surface area contributed by atoms with Crippen LogP contribution in [0.5, 0.6) is 0 Å². The van der Waals surface area contributed by atoms with E-state index < -0.39 is 11.9 Å². The average molecular weight is 432 g/mol. The van der Waals surface area contributed by atoms with Gasteiger partial charge >= 0.3 is 19.5 Å². The molecule has 5 heteroatoms. The van der Waals surface area contributed by atoms with Crippen molar-refractivity contribution in [2.24, 2.45) is 0 Å². The zero-order valence-electron chi connectivity index (χ0n) is 17.2. The Hall–Kier alpha value is -0.957. The SMILES string of the molecule is C=CCCCCCCCCC(=O)[O-].C=CCCCCCCCCC(=O)[O-].[Zn+2]. The topological polar surface area (TPSA) is 80.3 Å². The monoisotopic (exact) mass is 430 g/mol. The molecule has 0 radical (unpaired) electrons. The molecular formula is C22H38O4Zn. The normalized spacial score (nSPS) is 9.48. The molecule has 0 atom stereocenters. The molecule has 27 heavy (non-hydrogen) atoms. The number of hydrogen-bond acceptors (Lipinski definition) is 4. The molecule has 0 aromatic heterocycles. The predicted octanol–water partition coefficient (Wildman–Crippen LogP) is 4.08. The van der Waals surface area contributed by atoms with Crippen LogP contribution in [0.4, 0.5) is 0 Å². The quantitative estimate of drug-likeness (QED) is 0.186. The second-order valence-electron chi connectivity index (χ2n) is 6.64. The minimum absolute atomic E-state index is 0. The van der Waals surface area contributed by atoms with Gasteiger partial charge in [0.15, 0.2) is 0 Å². The molecule has 0 fully saturated rings. The van der Waals surface area contributed by atoms with Crippen molar-refractivity contribution >= 4 is 11.9 Å². The van der Waals surface area contributed by atoms with Crippen LogP contribution in [-0.2, 0) is 29.1 Å². The van der Waals surface area contributed by atoms with E-state index >= 15 is 0 Å². The number of carbonyl (C=O) groups excluding carboxylic acids is 2. The molecule has 0 aromatic carbocycles. The van der Waals surface area contributed by atoms with Crippen molar-refractivity contribution in [2.45, 2.75) is 103 Å². The van der Waals surface area contributed by atoms with Gasteiger partial charge in [0.05, 0.1) is 0 Å². The van der Waals surface area contributed by atoms with Crippen LogP contribution in [0.25, 0.3) is 0 Å². The summed E-state index contributed by atoms with van der Waals surface area (Å²) in [7, 11) is 0. The predicted molar refractivity (Wildman–Crippen MR) is 104 cm³/mol. The summed E-state index contributed by atoms with van der Waals surface area (Å²) in [6, 6.07) is 0. The zero-order valence-corrected chi connectivity index (χ0v) is 20.2. The molecule has 152 valence electrons. The van der Waals surface area contributed by atoms with Crippen LogP contribution in [0, 0.1) is 0 Å². The van der Waals surface area contributed by atoms with Gasteiger partial charge in [0.1, 0.15) is 0 Å². The fourth-order valence-electron chi connectivity index (χ4n) is 2.53. The molecule has 0 aliphatic rings. The third kappa shape index (κ3) is 36.7. The van der Waals surface area contributed by atoms with Gasteiger partial charge < -0.3 is 19.8 Å². The maximum atomic E-state index is 10.1. The van der Waals surface area contributed by atoms with Gasteiger partial charge in [-0.2, -0.15) is 0 Å². The maximum absolute atomic E-state index is 10.1. The number of unbranched alkanes of at least 4 members (excludes halogenated alkanes) is 12. The Morgan fingerprint density at radius 2 is 0.815 bits per heavy atom. The largest absolute Gasteiger partial charge is 2.00 e. The number of hydrogen-bond donors (Lipinski definition) is 0. The summed E-state index contributed by atoms with van der Waals surface area (Å²) >= 11 is 0. The molecular weight excluding hydrogens is 394 g/mol. The van der Waals surface area contributed by atoms with E-state index in [2.05, 4.69) is 13.2 Å². The summed E-state index contributed by atoms with van der Waals surface area (Å²) in [5.41, 5.74) is 0. The first kappa shape index (κ1) is 30.8. The molecule has 0 saturated heterocycles. The number of carboxylic acids is 2. The molecule has 0 heterocycles. The summed E-state index contributed by atoms with van der Waals surface area (Å²) in [5.74, 6) is -1.85. The third-order valence-electron chi connectivity index (χ3n) is 4.08. The molecule has 0 spiro atoms. The van der Waals surface area contributed by atoms with Crippen molar-refractivity contribution in [3.05, 3.63) is 25.3 Å². The number of rotatable bonds is 18. The first-order valence-electron chi connectivity index (χ1n) is 10.2. The smallest absolute Gasteiger partial charge is 0.550 e. The Morgan fingerprint density at radius 3 is 1.07 bits per heavy atom. The van der Waals surface area contributed by atoms with Gasteiger partial charge in [0.25, 0.3) is 0 Å². The number of aliphatic carboxylic acids is 2. The summed E-state index contributed by atoms with van der Waals surface area (Å²) < 4.78 is 0. The molecule has 0 aromatic rings. The first-order valence-corrected chi connectivity index (χ1v) is 10.2. The van der Waals surface area contributed by atoms with E-state index in [-0.39, 0.29) is 32.3 Å². The van der Waals surface area contributed by atoms with E-state index in [4.69, 9.17) is 0 Å². The number of carbonyl (C=O) groups is 2. The zero-order chi connectivity index (χ0) is 19.9. The molecule has 0 amide bonds. The molecule has 0 bridgehead atoms. The van der Waals surface area contributed by atoms with Gasteiger partial charge in [-0.05, 0) is 51.4 Å². The van der Waals surface area contributed by atoms with Crippen LogP contribution < -0.4 is 10.2 Å². The number of allylic oxidation sites excluding steroid dienone is 2. The Morgan fingerprint density at radius 1 is 0.556 bits per heavy atom. The Kier molecular flexibility index (Phi) is 31.1. The molecule has 4 nitrogen and oxygen atoms in total. The molecule has 0 aliphatic carbocycles. The Balaban J connectivity index is -0.000000411. The van der Waals surface area contributed by atoms with Gasteiger partial charge in [-0.15, -0.1) is 13.2 Å². The van der Waals surface area contributed by atoms with E-state index in [0.29, 0.717) is 0 Å². The Bertz CT molecular complexity index is 322. The molecule has 0 unspecified atom stereocenters. The van der Waals surface area contributed by atoms with Gasteiger partial charge in [-0.1, -0.05) is 63.5 Å². The maximum Gasteiger partial charge on any atom is 2.00 e.